The molecular formula is C12H11NO3S. The van der Waals surface area contributed by atoms with Gasteiger partial charge in [-0.15, -0.1) is 11.3 Å². The normalized spacial score (nSPS) is 14.8. The molecule has 2 aromatic heterocycles. The number of hydrogen-bond acceptors (Lipinski definition) is 3. The number of aromatic nitrogens is 1. The Balaban J connectivity index is 2.38. The molecule has 0 saturated carbocycles. The fourth-order valence-electron chi connectivity index (χ4n) is 2.40. The Hall–Kier alpha value is -1.62. The van der Waals surface area contributed by atoms with Crippen LogP contribution < -0.4 is 5.43 Å². The lowest BCUT2D eigenvalue weighted by atomic mass is 9.96. The number of aromatic carboxylic acids is 1. The highest BCUT2D eigenvalue weighted by molar-refractivity contribution is 7.18. The van der Waals surface area contributed by atoms with Crippen LogP contribution in [0.15, 0.2) is 11.0 Å². The first-order valence-electron chi connectivity index (χ1n) is 5.57. The molecule has 17 heavy (non-hydrogen) atoms. The Morgan fingerprint density at radius 1 is 1.35 bits per heavy atom. The molecular weight excluding hydrogens is 238 g/mol. The second-order valence-electron chi connectivity index (χ2n) is 4.25. The lowest BCUT2D eigenvalue weighted by Gasteiger charge is -2.09. The molecule has 88 valence electrons. The summed E-state index contributed by atoms with van der Waals surface area (Å²) >= 11 is 1.59. The van der Waals surface area contributed by atoms with Gasteiger partial charge in [0.15, 0.2) is 0 Å². The van der Waals surface area contributed by atoms with Gasteiger partial charge in [0.2, 0.25) is 5.43 Å². The van der Waals surface area contributed by atoms with Gasteiger partial charge in [-0.1, -0.05) is 0 Å². The van der Waals surface area contributed by atoms with Gasteiger partial charge in [0.1, 0.15) is 10.4 Å². The summed E-state index contributed by atoms with van der Waals surface area (Å²) in [7, 11) is 0. The molecule has 0 amide bonds. The summed E-state index contributed by atoms with van der Waals surface area (Å²) in [4.78, 5) is 28.0. The maximum absolute atomic E-state index is 12.1. The third kappa shape index (κ3) is 1.50. The number of hydrogen-bond donors (Lipinski definition) is 2. The average molecular weight is 249 g/mol. The van der Waals surface area contributed by atoms with Crippen molar-refractivity contribution >= 4 is 27.5 Å². The Kier molecular flexibility index (Phi) is 2.29. The van der Waals surface area contributed by atoms with E-state index in [9.17, 15) is 9.59 Å². The van der Waals surface area contributed by atoms with Crippen molar-refractivity contribution in [1.29, 1.82) is 0 Å². The molecule has 3 rings (SSSR count). The number of aromatic amines is 1. The zero-order valence-electron chi connectivity index (χ0n) is 9.08. The van der Waals surface area contributed by atoms with Gasteiger partial charge in [-0.3, -0.25) is 4.79 Å². The largest absolute Gasteiger partial charge is 0.477 e. The molecule has 0 radical (unpaired) electrons. The molecule has 4 nitrogen and oxygen atoms in total. The molecule has 0 aromatic carbocycles. The minimum absolute atomic E-state index is 0.163. The van der Waals surface area contributed by atoms with Gasteiger partial charge in [-0.25, -0.2) is 4.79 Å². The third-order valence-electron chi connectivity index (χ3n) is 3.22. The first-order valence-corrected chi connectivity index (χ1v) is 6.39. The number of nitrogens with one attached hydrogen (secondary N) is 1. The van der Waals surface area contributed by atoms with Crippen LogP contribution in [0.2, 0.25) is 0 Å². The summed E-state index contributed by atoms with van der Waals surface area (Å²) in [6.07, 6.45) is 5.43. The fraction of sp³-hybridized carbons (Fsp3) is 0.333. The van der Waals surface area contributed by atoms with E-state index in [-0.39, 0.29) is 11.0 Å². The van der Waals surface area contributed by atoms with Crippen LogP contribution in [-0.4, -0.2) is 16.1 Å². The van der Waals surface area contributed by atoms with Crippen molar-refractivity contribution in [2.45, 2.75) is 25.7 Å². The van der Waals surface area contributed by atoms with E-state index in [0.29, 0.717) is 5.39 Å². The molecule has 0 unspecified atom stereocenters. The first-order chi connectivity index (χ1) is 8.18. The van der Waals surface area contributed by atoms with Crippen molar-refractivity contribution < 1.29 is 9.90 Å². The molecule has 1 aliphatic carbocycles. The van der Waals surface area contributed by atoms with Crippen molar-refractivity contribution in [2.24, 2.45) is 0 Å². The summed E-state index contributed by atoms with van der Waals surface area (Å²) in [5.74, 6) is -1.16. The van der Waals surface area contributed by atoms with E-state index < -0.39 is 5.97 Å². The molecule has 5 heteroatoms. The maximum Gasteiger partial charge on any atom is 0.341 e. The van der Waals surface area contributed by atoms with Gasteiger partial charge in [-0.05, 0) is 31.2 Å². The van der Waals surface area contributed by atoms with Crippen molar-refractivity contribution in [3.05, 3.63) is 32.4 Å². The average Bonchev–Trinajstić information content (AvgIpc) is 2.67. The molecule has 0 saturated heterocycles. The molecule has 2 heterocycles. The zero-order chi connectivity index (χ0) is 12.0. The van der Waals surface area contributed by atoms with Crippen LogP contribution in [0.3, 0.4) is 0 Å². The van der Waals surface area contributed by atoms with E-state index in [0.717, 1.165) is 36.1 Å². The number of carbonyl (C=O) groups is 1. The zero-order valence-corrected chi connectivity index (χ0v) is 9.89. The lowest BCUT2D eigenvalue weighted by Crippen LogP contribution is -2.16. The van der Waals surface area contributed by atoms with Gasteiger partial charge in [0.25, 0.3) is 0 Å². The molecule has 0 atom stereocenters. The van der Waals surface area contributed by atoms with Crippen LogP contribution in [-0.2, 0) is 12.8 Å². The van der Waals surface area contributed by atoms with Crippen LogP contribution in [0, 0.1) is 0 Å². The van der Waals surface area contributed by atoms with Crippen molar-refractivity contribution in [3.8, 4) is 0 Å². The highest BCUT2D eigenvalue weighted by Crippen LogP contribution is 2.33. The molecule has 0 aliphatic heterocycles. The van der Waals surface area contributed by atoms with Gasteiger partial charge in [0, 0.05) is 11.1 Å². The van der Waals surface area contributed by atoms with Gasteiger partial charge in [-0.2, -0.15) is 0 Å². The predicted molar refractivity (Wildman–Crippen MR) is 66.0 cm³/mol. The minimum Gasteiger partial charge on any atom is -0.477 e. The number of pyridine rings is 1. The number of rotatable bonds is 1. The van der Waals surface area contributed by atoms with Gasteiger partial charge >= 0.3 is 5.97 Å². The molecule has 0 fully saturated rings. The van der Waals surface area contributed by atoms with E-state index >= 15 is 0 Å². The van der Waals surface area contributed by atoms with Crippen LogP contribution in [0.1, 0.15) is 33.6 Å². The standard InChI is InChI=1S/C12H11NO3S/c14-10-7(12(15)16)5-13-11-9(10)6-3-1-2-4-8(6)17-11/h5H,1-4H2,(H,13,14)(H,15,16). The number of carboxylic acids is 1. The summed E-state index contributed by atoms with van der Waals surface area (Å²) in [5, 5.41) is 9.55. The first kappa shape index (κ1) is 10.5. The Bertz CT molecular complexity index is 668. The molecule has 0 bridgehead atoms. The van der Waals surface area contributed by atoms with Crippen LogP contribution in [0.5, 0.6) is 0 Å². The van der Waals surface area contributed by atoms with Crippen LogP contribution in [0.4, 0.5) is 0 Å². The number of fused-ring (bicyclic) bond motifs is 3. The predicted octanol–water partition coefficient (Wildman–Crippen LogP) is 2.17. The second-order valence-corrected chi connectivity index (χ2v) is 5.36. The van der Waals surface area contributed by atoms with Gasteiger partial charge < -0.3 is 10.1 Å². The fourth-order valence-corrected chi connectivity index (χ4v) is 3.66. The number of carboxylic acid groups (broad SMARTS) is 1. The van der Waals surface area contributed by atoms with Gasteiger partial charge in [0.05, 0.1) is 5.39 Å². The van der Waals surface area contributed by atoms with Crippen molar-refractivity contribution in [2.75, 3.05) is 0 Å². The maximum atomic E-state index is 12.1. The Morgan fingerprint density at radius 2 is 2.12 bits per heavy atom. The highest BCUT2D eigenvalue weighted by Gasteiger charge is 2.21. The Labute approximate surface area is 101 Å². The summed E-state index contributed by atoms with van der Waals surface area (Å²) < 4.78 is 0. The molecule has 2 N–H and O–H groups in total. The molecule has 2 aromatic rings. The summed E-state index contributed by atoms with van der Waals surface area (Å²) in [6.45, 7) is 0. The molecule has 1 aliphatic rings. The topological polar surface area (TPSA) is 70.2 Å². The van der Waals surface area contributed by atoms with E-state index in [2.05, 4.69) is 4.98 Å². The Morgan fingerprint density at radius 3 is 2.88 bits per heavy atom. The van der Waals surface area contributed by atoms with Crippen LogP contribution in [0.25, 0.3) is 10.2 Å². The van der Waals surface area contributed by atoms with Crippen molar-refractivity contribution in [1.82, 2.24) is 4.98 Å². The highest BCUT2D eigenvalue weighted by atomic mass is 32.1. The summed E-state index contributed by atoms with van der Waals surface area (Å²) in [6, 6.07) is 0. The smallest absolute Gasteiger partial charge is 0.341 e. The minimum atomic E-state index is -1.16. The van der Waals surface area contributed by atoms with E-state index in [1.165, 1.54) is 11.1 Å². The SMILES string of the molecule is O=C(O)c1c[nH]c2sc3c(c2c1=O)CCCC3. The number of H-pyrrole nitrogens is 1. The lowest BCUT2D eigenvalue weighted by molar-refractivity contribution is 0.0695. The number of aryl methyl sites for hydroxylation is 2. The van der Waals surface area contributed by atoms with E-state index in [1.807, 2.05) is 0 Å². The van der Waals surface area contributed by atoms with Crippen molar-refractivity contribution in [3.63, 3.8) is 0 Å². The second kappa shape index (κ2) is 3.70. The third-order valence-corrected chi connectivity index (χ3v) is 4.44. The van der Waals surface area contributed by atoms with Crippen LogP contribution >= 0.6 is 11.3 Å². The van der Waals surface area contributed by atoms with E-state index in [4.69, 9.17) is 5.11 Å². The summed E-state index contributed by atoms with van der Waals surface area (Å²) in [5.41, 5.74) is 0.565. The molecule has 0 spiro atoms. The number of thiophene rings is 1. The quantitative estimate of drug-likeness (QED) is 0.813. The monoisotopic (exact) mass is 249 g/mol. The van der Waals surface area contributed by atoms with E-state index in [1.54, 1.807) is 11.3 Å².